The Hall–Kier alpha value is -1.81. The van der Waals surface area contributed by atoms with E-state index >= 15 is 0 Å². The zero-order valence-electron chi connectivity index (χ0n) is 14.3. The van der Waals surface area contributed by atoms with Crippen LogP contribution in [-0.4, -0.2) is 65.8 Å². The molecular weight excluding hydrogens is 338 g/mol. The van der Waals surface area contributed by atoms with E-state index in [0.717, 1.165) is 5.92 Å². The summed E-state index contributed by atoms with van der Waals surface area (Å²) in [6.45, 7) is -0.368. The molecule has 3 fully saturated rings. The van der Waals surface area contributed by atoms with E-state index in [4.69, 9.17) is 4.74 Å². The quantitative estimate of drug-likeness (QED) is 0.601. The van der Waals surface area contributed by atoms with E-state index in [1.165, 1.54) is 38.3 Å². The minimum Gasteiger partial charge on any atom is -0.394 e. The first-order chi connectivity index (χ1) is 12.7. The van der Waals surface area contributed by atoms with E-state index in [9.17, 15) is 15.3 Å². The van der Waals surface area contributed by atoms with E-state index in [2.05, 4.69) is 20.3 Å². The summed E-state index contributed by atoms with van der Waals surface area (Å²) in [6.07, 6.45) is 4.07. The Morgan fingerprint density at radius 3 is 2.73 bits per heavy atom. The largest absolute Gasteiger partial charge is 0.394 e. The Morgan fingerprint density at radius 2 is 2.04 bits per heavy atom. The van der Waals surface area contributed by atoms with Crippen molar-refractivity contribution in [1.29, 1.82) is 0 Å². The van der Waals surface area contributed by atoms with Crippen LogP contribution in [0.25, 0.3) is 11.2 Å². The molecule has 0 amide bonds. The second-order valence-corrected chi connectivity index (χ2v) is 7.70. The highest BCUT2D eigenvalue weighted by atomic mass is 16.6. The van der Waals surface area contributed by atoms with Crippen molar-refractivity contribution in [2.45, 2.75) is 56.3 Å². The molecule has 3 aliphatic rings. The van der Waals surface area contributed by atoms with Crippen LogP contribution < -0.4 is 5.32 Å². The van der Waals surface area contributed by atoms with Gasteiger partial charge in [-0.05, 0) is 31.1 Å². The fraction of sp³-hybridized carbons (Fsp3) is 0.706. The number of anilines is 1. The maximum Gasteiger partial charge on any atom is 0.167 e. The average molecular weight is 361 g/mol. The number of hydrogen-bond donors (Lipinski definition) is 4. The van der Waals surface area contributed by atoms with Crippen molar-refractivity contribution in [3.63, 3.8) is 0 Å². The molecule has 2 aromatic rings. The predicted octanol–water partition coefficient (Wildman–Crippen LogP) is 0.0383. The first-order valence-corrected chi connectivity index (χ1v) is 9.22. The van der Waals surface area contributed by atoms with Crippen LogP contribution >= 0.6 is 0 Å². The molecule has 1 saturated heterocycles. The first-order valence-electron chi connectivity index (χ1n) is 9.22. The number of rotatable bonds is 4. The van der Waals surface area contributed by atoms with Gasteiger partial charge >= 0.3 is 0 Å². The van der Waals surface area contributed by atoms with Crippen molar-refractivity contribution < 1.29 is 20.1 Å². The molecule has 7 atom stereocenters. The fourth-order valence-corrected chi connectivity index (χ4v) is 4.85. The molecular formula is C17H23N5O4. The topological polar surface area (TPSA) is 126 Å². The molecule has 3 unspecified atom stereocenters. The van der Waals surface area contributed by atoms with Gasteiger partial charge in [0.25, 0.3) is 0 Å². The second-order valence-electron chi connectivity index (χ2n) is 7.70. The Morgan fingerprint density at radius 1 is 1.15 bits per heavy atom. The minimum absolute atomic E-state index is 0.368. The SMILES string of the molecule is OC[C@@H]1O[C@@H](n2cnc3c(NC4CC5CCC4C5)ncnc32)[C@H](O)[C@@H]1O. The van der Waals surface area contributed by atoms with Gasteiger partial charge in [-0.25, -0.2) is 15.0 Å². The van der Waals surface area contributed by atoms with E-state index in [0.29, 0.717) is 28.9 Å². The van der Waals surface area contributed by atoms with Crippen molar-refractivity contribution in [2.75, 3.05) is 11.9 Å². The van der Waals surface area contributed by atoms with Crippen LogP contribution in [-0.2, 0) is 4.74 Å². The highest BCUT2D eigenvalue weighted by Gasteiger charge is 2.44. The van der Waals surface area contributed by atoms with Gasteiger partial charge in [-0.2, -0.15) is 0 Å². The lowest BCUT2D eigenvalue weighted by Crippen LogP contribution is -2.33. The van der Waals surface area contributed by atoms with Crippen LogP contribution in [0.4, 0.5) is 5.82 Å². The Labute approximate surface area is 150 Å². The highest BCUT2D eigenvalue weighted by molar-refractivity contribution is 5.82. The molecule has 5 rings (SSSR count). The van der Waals surface area contributed by atoms with Crippen LogP contribution in [0.5, 0.6) is 0 Å². The van der Waals surface area contributed by atoms with Gasteiger partial charge in [0.2, 0.25) is 0 Å². The number of aromatic nitrogens is 4. The van der Waals surface area contributed by atoms with E-state index in [1.807, 2.05) is 0 Å². The zero-order chi connectivity index (χ0) is 17.8. The van der Waals surface area contributed by atoms with Crippen LogP contribution in [0.1, 0.15) is 31.9 Å². The van der Waals surface area contributed by atoms with Crippen molar-refractivity contribution >= 4 is 17.0 Å². The van der Waals surface area contributed by atoms with Crippen LogP contribution in [0.3, 0.4) is 0 Å². The summed E-state index contributed by atoms with van der Waals surface area (Å²) >= 11 is 0. The number of imidazole rings is 1. The van der Waals surface area contributed by atoms with Gasteiger partial charge < -0.3 is 25.4 Å². The monoisotopic (exact) mass is 361 g/mol. The van der Waals surface area contributed by atoms with Crippen molar-refractivity contribution in [1.82, 2.24) is 19.5 Å². The fourth-order valence-electron chi connectivity index (χ4n) is 4.85. The molecule has 2 aromatic heterocycles. The number of hydrogen-bond acceptors (Lipinski definition) is 8. The number of aliphatic hydroxyl groups is 3. The molecule has 2 saturated carbocycles. The summed E-state index contributed by atoms with van der Waals surface area (Å²) in [5.41, 5.74) is 1.15. The summed E-state index contributed by atoms with van der Waals surface area (Å²) in [5, 5.41) is 33.1. The third kappa shape index (κ3) is 2.42. The molecule has 1 aliphatic heterocycles. The lowest BCUT2D eigenvalue weighted by Gasteiger charge is -2.23. The molecule has 0 aromatic carbocycles. The molecule has 0 radical (unpaired) electrons. The normalized spacial score (nSPS) is 39.1. The third-order valence-corrected chi connectivity index (χ3v) is 6.21. The molecule has 2 aliphatic carbocycles. The van der Waals surface area contributed by atoms with Crippen LogP contribution in [0, 0.1) is 11.8 Å². The smallest absolute Gasteiger partial charge is 0.167 e. The maximum atomic E-state index is 10.3. The summed E-state index contributed by atoms with van der Waals surface area (Å²) in [6, 6.07) is 0.422. The maximum absolute atomic E-state index is 10.3. The van der Waals surface area contributed by atoms with Gasteiger partial charge in [0.15, 0.2) is 23.2 Å². The zero-order valence-corrected chi connectivity index (χ0v) is 14.3. The summed E-state index contributed by atoms with van der Waals surface area (Å²) in [7, 11) is 0. The minimum atomic E-state index is -1.17. The van der Waals surface area contributed by atoms with Crippen molar-refractivity contribution in [2.24, 2.45) is 11.8 Å². The standard InChI is InChI=1S/C17H23N5O4/c23-5-11-13(24)14(25)17(26-11)22-7-20-12-15(18-6-19-16(12)22)21-10-4-8-1-2-9(10)3-8/h6-11,13-14,17,23-25H,1-5H2,(H,18,19,21)/t8?,9?,10?,11-,13+,14+,17+/m0/s1. The Kier molecular flexibility index (Phi) is 3.85. The lowest BCUT2D eigenvalue weighted by molar-refractivity contribution is -0.0511. The first kappa shape index (κ1) is 16.4. The molecule has 9 nitrogen and oxygen atoms in total. The number of fused-ring (bicyclic) bond motifs is 3. The van der Waals surface area contributed by atoms with Crippen LogP contribution in [0.2, 0.25) is 0 Å². The second kappa shape index (κ2) is 6.12. The third-order valence-electron chi connectivity index (χ3n) is 6.21. The molecule has 3 heterocycles. The van der Waals surface area contributed by atoms with Gasteiger partial charge in [-0.1, -0.05) is 6.42 Å². The molecule has 2 bridgehead atoms. The average Bonchev–Trinajstić information content (AvgIpc) is 3.41. The summed E-state index contributed by atoms with van der Waals surface area (Å²) < 4.78 is 7.18. The van der Waals surface area contributed by atoms with Gasteiger partial charge in [0.05, 0.1) is 12.9 Å². The van der Waals surface area contributed by atoms with Gasteiger partial charge in [0, 0.05) is 6.04 Å². The Balaban J connectivity index is 1.44. The van der Waals surface area contributed by atoms with Gasteiger partial charge in [-0.3, -0.25) is 4.57 Å². The van der Waals surface area contributed by atoms with E-state index < -0.39 is 24.5 Å². The highest BCUT2D eigenvalue weighted by Crippen LogP contribution is 2.45. The number of nitrogens with one attached hydrogen (secondary N) is 1. The molecule has 4 N–H and O–H groups in total. The van der Waals surface area contributed by atoms with Crippen LogP contribution in [0.15, 0.2) is 12.7 Å². The van der Waals surface area contributed by atoms with Gasteiger partial charge in [0.1, 0.15) is 24.6 Å². The van der Waals surface area contributed by atoms with Gasteiger partial charge in [-0.15, -0.1) is 0 Å². The molecule has 0 spiro atoms. The number of aliphatic hydroxyl groups excluding tert-OH is 3. The summed E-state index contributed by atoms with van der Waals surface area (Å²) in [5.74, 6) is 2.22. The number of ether oxygens (including phenoxy) is 1. The Bertz CT molecular complexity index is 814. The van der Waals surface area contributed by atoms with E-state index in [1.54, 1.807) is 4.57 Å². The van der Waals surface area contributed by atoms with Crippen molar-refractivity contribution in [3.05, 3.63) is 12.7 Å². The predicted molar refractivity (Wildman–Crippen MR) is 91.2 cm³/mol. The molecule has 26 heavy (non-hydrogen) atoms. The summed E-state index contributed by atoms with van der Waals surface area (Å²) in [4.78, 5) is 13.1. The van der Waals surface area contributed by atoms with E-state index in [-0.39, 0.29) is 6.61 Å². The van der Waals surface area contributed by atoms with Crippen molar-refractivity contribution in [3.8, 4) is 0 Å². The lowest BCUT2D eigenvalue weighted by atomic mass is 9.95. The molecule has 140 valence electrons. The number of nitrogens with zero attached hydrogens (tertiary/aromatic N) is 4. The molecule has 9 heteroatoms.